The molecule has 0 bridgehead atoms. The largest absolute Gasteiger partial charge is 0.486 e. The molecule has 1 aromatic heterocycles. The first kappa shape index (κ1) is 15.5. The Morgan fingerprint density at radius 2 is 2.35 bits per heavy atom. The Morgan fingerprint density at radius 3 is 3.00 bits per heavy atom. The number of nitrogens with two attached hydrogens (primary N) is 1. The van der Waals surface area contributed by atoms with Crippen molar-refractivity contribution in [2.24, 2.45) is 12.8 Å². The van der Waals surface area contributed by atoms with E-state index in [2.05, 4.69) is 10.3 Å². The third-order valence-corrected chi connectivity index (χ3v) is 3.87. The second-order valence-corrected chi connectivity index (χ2v) is 5.66. The van der Waals surface area contributed by atoms with Crippen LogP contribution in [0.1, 0.15) is 16.8 Å². The lowest BCUT2D eigenvalue weighted by molar-refractivity contribution is 0.0713. The van der Waals surface area contributed by atoms with Gasteiger partial charge in [-0.15, -0.1) is 0 Å². The minimum atomic E-state index is -1.11. The monoisotopic (exact) mass is 318 g/mol. The van der Waals surface area contributed by atoms with Crippen LogP contribution in [-0.2, 0) is 7.05 Å². The first-order valence-electron chi connectivity index (χ1n) is 7.48. The second kappa shape index (κ2) is 6.37. The number of carbonyl (C=O) groups excluding carboxylic acids is 1. The van der Waals surface area contributed by atoms with Gasteiger partial charge < -0.3 is 20.4 Å². The molecule has 0 unspecified atom stereocenters. The van der Waals surface area contributed by atoms with Crippen LogP contribution >= 0.6 is 0 Å². The summed E-state index contributed by atoms with van der Waals surface area (Å²) in [6.45, 7) is 0.936. The van der Waals surface area contributed by atoms with Crippen molar-refractivity contribution in [3.63, 3.8) is 0 Å². The van der Waals surface area contributed by atoms with E-state index < -0.39 is 18.2 Å². The van der Waals surface area contributed by atoms with Gasteiger partial charge in [0.25, 0.3) is 5.91 Å². The number of amides is 1. The number of alkyl halides is 1. The fraction of sp³-hybridized carbons (Fsp3) is 0.375. The third-order valence-electron chi connectivity index (χ3n) is 3.87. The molecule has 2 aromatic rings. The van der Waals surface area contributed by atoms with E-state index in [1.807, 2.05) is 17.8 Å². The van der Waals surface area contributed by atoms with Crippen LogP contribution in [0.5, 0.6) is 5.75 Å². The molecule has 1 saturated heterocycles. The van der Waals surface area contributed by atoms with Crippen LogP contribution in [-0.4, -0.2) is 40.8 Å². The molecule has 0 saturated carbocycles. The van der Waals surface area contributed by atoms with Crippen molar-refractivity contribution in [2.75, 3.05) is 13.1 Å². The number of rotatable bonds is 4. The van der Waals surface area contributed by atoms with Crippen molar-refractivity contribution in [2.45, 2.75) is 18.7 Å². The van der Waals surface area contributed by atoms with E-state index in [0.717, 1.165) is 11.3 Å². The lowest BCUT2D eigenvalue weighted by Gasteiger charge is -2.28. The Balaban J connectivity index is 1.89. The highest BCUT2D eigenvalue weighted by molar-refractivity contribution is 5.96. The van der Waals surface area contributed by atoms with Gasteiger partial charge in [0.15, 0.2) is 0 Å². The number of ether oxygens (including phenoxy) is 1. The molecular formula is C16H19FN4O2. The Labute approximate surface area is 133 Å². The number of imidazole rings is 1. The fourth-order valence-corrected chi connectivity index (χ4v) is 2.64. The first-order valence-corrected chi connectivity index (χ1v) is 7.48. The molecule has 0 spiro atoms. The Kier molecular flexibility index (Phi) is 4.29. The molecule has 3 rings (SSSR count). The Bertz CT molecular complexity index is 716. The van der Waals surface area contributed by atoms with Gasteiger partial charge in [0.1, 0.15) is 18.0 Å². The van der Waals surface area contributed by atoms with Crippen molar-refractivity contribution in [1.82, 2.24) is 14.9 Å². The lowest BCUT2D eigenvalue weighted by atomic mass is 10.1. The summed E-state index contributed by atoms with van der Waals surface area (Å²) in [5.74, 6) is -0.297. The smallest absolute Gasteiger partial charge is 0.252 e. The van der Waals surface area contributed by atoms with Crippen LogP contribution in [0.4, 0.5) is 4.39 Å². The van der Waals surface area contributed by atoms with E-state index in [1.165, 1.54) is 0 Å². The average Bonchev–Trinajstić information content (AvgIpc) is 2.96. The first-order chi connectivity index (χ1) is 11.0. The zero-order valence-electron chi connectivity index (χ0n) is 12.8. The van der Waals surface area contributed by atoms with Crippen LogP contribution in [0.25, 0.3) is 11.3 Å². The van der Waals surface area contributed by atoms with E-state index in [1.54, 1.807) is 24.5 Å². The highest BCUT2D eigenvalue weighted by Gasteiger charge is 2.27. The van der Waals surface area contributed by atoms with Gasteiger partial charge in [0.05, 0.1) is 17.6 Å². The number of hydrogen-bond donors (Lipinski definition) is 2. The molecule has 2 heterocycles. The molecule has 1 aromatic carbocycles. The van der Waals surface area contributed by atoms with Gasteiger partial charge in [-0.05, 0) is 31.2 Å². The summed E-state index contributed by atoms with van der Waals surface area (Å²) >= 11 is 0. The number of aryl methyl sites for hydroxylation is 1. The maximum atomic E-state index is 13.9. The molecule has 23 heavy (non-hydrogen) atoms. The number of primary amides is 1. The molecule has 3 N–H and O–H groups in total. The van der Waals surface area contributed by atoms with Crippen molar-refractivity contribution in [3.05, 3.63) is 36.3 Å². The SMILES string of the molecule is Cn1cnc(-c2ccc(O[C@H]3CCNC[C@@H]3F)c(C(N)=O)c2)c1. The van der Waals surface area contributed by atoms with E-state index >= 15 is 0 Å². The number of piperidine rings is 1. The summed E-state index contributed by atoms with van der Waals surface area (Å²) < 4.78 is 21.4. The number of nitrogens with one attached hydrogen (secondary N) is 1. The molecule has 122 valence electrons. The summed E-state index contributed by atoms with van der Waals surface area (Å²) in [7, 11) is 1.86. The van der Waals surface area contributed by atoms with Crippen molar-refractivity contribution in [3.8, 4) is 17.0 Å². The number of benzene rings is 1. The van der Waals surface area contributed by atoms with Crippen molar-refractivity contribution in [1.29, 1.82) is 0 Å². The molecular weight excluding hydrogens is 299 g/mol. The second-order valence-electron chi connectivity index (χ2n) is 5.66. The van der Waals surface area contributed by atoms with Crippen molar-refractivity contribution < 1.29 is 13.9 Å². The van der Waals surface area contributed by atoms with Gasteiger partial charge in [-0.2, -0.15) is 0 Å². The van der Waals surface area contributed by atoms with Gasteiger partial charge in [0.2, 0.25) is 0 Å². The highest BCUT2D eigenvalue weighted by Crippen LogP contribution is 2.28. The van der Waals surface area contributed by atoms with E-state index in [0.29, 0.717) is 18.7 Å². The normalized spacial score (nSPS) is 21.1. The number of hydrogen-bond acceptors (Lipinski definition) is 4. The number of halogens is 1. The molecule has 1 amide bonds. The minimum absolute atomic E-state index is 0.235. The summed E-state index contributed by atoms with van der Waals surface area (Å²) in [6, 6.07) is 5.07. The summed E-state index contributed by atoms with van der Waals surface area (Å²) in [5.41, 5.74) is 7.18. The molecule has 1 aliphatic heterocycles. The van der Waals surface area contributed by atoms with Crippen LogP contribution in [0.2, 0.25) is 0 Å². The quantitative estimate of drug-likeness (QED) is 0.889. The summed E-state index contributed by atoms with van der Waals surface area (Å²) in [4.78, 5) is 16.0. The molecule has 7 heteroatoms. The molecule has 6 nitrogen and oxygen atoms in total. The fourth-order valence-electron chi connectivity index (χ4n) is 2.64. The van der Waals surface area contributed by atoms with E-state index in [4.69, 9.17) is 10.5 Å². The van der Waals surface area contributed by atoms with E-state index in [-0.39, 0.29) is 12.1 Å². The average molecular weight is 318 g/mol. The predicted molar refractivity (Wildman–Crippen MR) is 84.0 cm³/mol. The summed E-state index contributed by atoms with van der Waals surface area (Å²) in [5, 5.41) is 2.96. The molecule has 1 aliphatic rings. The highest BCUT2D eigenvalue weighted by atomic mass is 19.1. The van der Waals surface area contributed by atoms with E-state index in [9.17, 15) is 9.18 Å². The zero-order chi connectivity index (χ0) is 16.4. The van der Waals surface area contributed by atoms with Crippen molar-refractivity contribution >= 4 is 5.91 Å². The van der Waals surface area contributed by atoms with Crippen LogP contribution < -0.4 is 15.8 Å². The molecule has 1 fully saturated rings. The minimum Gasteiger partial charge on any atom is -0.486 e. The summed E-state index contributed by atoms with van der Waals surface area (Å²) in [6.07, 6.45) is 2.37. The number of carbonyl (C=O) groups is 1. The van der Waals surface area contributed by atoms with Crippen LogP contribution in [0, 0.1) is 0 Å². The Morgan fingerprint density at radius 1 is 1.52 bits per heavy atom. The van der Waals surface area contributed by atoms with Gasteiger partial charge in [-0.25, -0.2) is 9.37 Å². The van der Waals surface area contributed by atoms with Gasteiger partial charge in [-0.1, -0.05) is 0 Å². The standard InChI is InChI=1S/C16H19FN4O2/c1-21-8-13(20-9-21)10-2-3-14(11(6-10)16(18)22)23-15-4-5-19-7-12(15)17/h2-3,6,8-9,12,15,19H,4-5,7H2,1H3,(H2,18,22)/t12-,15-/m0/s1. The molecule has 0 aliphatic carbocycles. The zero-order valence-corrected chi connectivity index (χ0v) is 12.8. The van der Waals surface area contributed by atoms with Gasteiger partial charge >= 0.3 is 0 Å². The predicted octanol–water partition coefficient (Wildman–Crippen LogP) is 1.26. The maximum absolute atomic E-state index is 13.9. The van der Waals surface area contributed by atoms with Crippen LogP contribution in [0.3, 0.4) is 0 Å². The Hall–Kier alpha value is -2.41. The van der Waals surface area contributed by atoms with Gasteiger partial charge in [-0.3, -0.25) is 4.79 Å². The molecule has 0 radical (unpaired) electrons. The third kappa shape index (κ3) is 3.34. The number of aromatic nitrogens is 2. The number of nitrogens with zero attached hydrogens (tertiary/aromatic N) is 2. The van der Waals surface area contributed by atoms with Crippen LogP contribution in [0.15, 0.2) is 30.7 Å². The van der Waals surface area contributed by atoms with Gasteiger partial charge in [0, 0.05) is 25.4 Å². The molecule has 2 atom stereocenters. The maximum Gasteiger partial charge on any atom is 0.252 e. The topological polar surface area (TPSA) is 82.2 Å². The lowest BCUT2D eigenvalue weighted by Crippen LogP contribution is -2.44.